The normalized spacial score (nSPS) is 12.9. The highest BCUT2D eigenvalue weighted by atomic mass is 16.6. The number of H-pyrrole nitrogens is 1. The molecule has 0 spiro atoms. The molecule has 1 aromatic heterocycles. The molecule has 0 bridgehead atoms. The van der Waals surface area contributed by atoms with Gasteiger partial charge in [-0.2, -0.15) is 0 Å². The molecular formula is C104H162N8O31. The minimum absolute atomic E-state index is 0.0198. The van der Waals surface area contributed by atoms with Crippen molar-refractivity contribution in [1.82, 2.24) is 41.9 Å². The molecule has 0 radical (unpaired) electrons. The third-order valence-electron chi connectivity index (χ3n) is 24.1. The van der Waals surface area contributed by atoms with E-state index in [0.29, 0.717) is 101 Å². The number of esters is 1. The first kappa shape index (κ1) is 126. The van der Waals surface area contributed by atoms with Crippen molar-refractivity contribution >= 4 is 100.0 Å². The first-order valence-corrected chi connectivity index (χ1v) is 51.2. The van der Waals surface area contributed by atoms with E-state index in [4.69, 9.17) is 57.6 Å². The number of aliphatic carboxylic acids is 2. The maximum absolute atomic E-state index is 14.6. The standard InChI is InChI=1S/C104H162N8O31/c1-7-75(5)88(8-2)99(124)112-98(74(3)4)104(133)143-92(67-82-68-105-73-110-82)91(118)66-80(31-22-24-49-107-96(122)71-139-63-59-135-53-28-34-85(116)69-138-61-60-136-57-51-109-93(119)47-40-81(102(129)130)64-84(115)32-19-15-11-9-13-17-25-55-141-86-42-36-77(37-43-86)100(125)126)90(117)65-79(76(6)113)30-21-23-48-106-95(121)70-137-54-29-50-108-97(123)72-140-62-58-134-52-27-33-83(114)41-46-89(103(131)132)111-94(120)35-20-16-12-10-14-18-26-56-142-87-44-38-78(39-45-87)101(127)128/h36-39,42-45,68,73-75,79-81,88-89,92,98H,7-35,40-41,46-67,69-72H2,1-6H3,(H,105,110)(H,106,121)(H,107,122)(H,108,123)(H,109,119)(H,111,120)(H,112,124)(H,125,126)(H,127,128)(H,129,130)(H,131,132)/t75-,79+,80+,81+,88-,89-,92-,98-/m0/s1. The van der Waals surface area contributed by atoms with Crippen LogP contribution < -0.4 is 41.4 Å². The number of nitrogens with zero attached hydrogens (tertiary/aromatic N) is 1. The minimum Gasteiger partial charge on any atom is -0.494 e. The van der Waals surface area contributed by atoms with Crippen molar-refractivity contribution in [3.8, 4) is 11.5 Å². The van der Waals surface area contributed by atoms with Crippen LogP contribution in [0.5, 0.6) is 11.5 Å². The molecule has 1 heterocycles. The predicted octanol–water partition coefficient (Wildman–Crippen LogP) is 11.4. The van der Waals surface area contributed by atoms with Gasteiger partial charge in [0.1, 0.15) is 73.1 Å². The fourth-order valence-electron chi connectivity index (χ4n) is 15.4. The smallest absolute Gasteiger partial charge is 0.335 e. The van der Waals surface area contributed by atoms with Gasteiger partial charge in [-0.1, -0.05) is 118 Å². The predicted molar refractivity (Wildman–Crippen MR) is 528 cm³/mol. The van der Waals surface area contributed by atoms with Crippen LogP contribution in [0.15, 0.2) is 61.1 Å². The van der Waals surface area contributed by atoms with Gasteiger partial charge in [-0.25, -0.2) is 24.2 Å². The number of amides is 6. The number of ether oxygens (including phenoxy) is 10. The number of rotatable bonds is 94. The van der Waals surface area contributed by atoms with E-state index < -0.39 is 83.4 Å². The number of aromatic carboxylic acids is 2. The highest BCUT2D eigenvalue weighted by Crippen LogP contribution is 2.27. The number of Topliss-reactive ketones (excluding diaryl/α,β-unsaturated/α-hetero) is 6. The number of nitrogens with one attached hydrogen (secondary N) is 7. The molecule has 8 atom stereocenters. The van der Waals surface area contributed by atoms with E-state index >= 15 is 0 Å². The van der Waals surface area contributed by atoms with Gasteiger partial charge in [0.15, 0.2) is 17.7 Å². The molecule has 0 fully saturated rings. The summed E-state index contributed by atoms with van der Waals surface area (Å²) in [5, 5.41) is 53.8. The van der Waals surface area contributed by atoms with Gasteiger partial charge in [0.2, 0.25) is 35.4 Å². The number of ketones is 6. The third-order valence-corrected chi connectivity index (χ3v) is 24.1. The fraction of sp³-hybridized carbons (Fsp3) is 0.692. The van der Waals surface area contributed by atoms with Gasteiger partial charge in [-0.05, 0) is 157 Å². The molecule has 3 aromatic rings. The van der Waals surface area contributed by atoms with Crippen molar-refractivity contribution in [2.45, 2.75) is 297 Å². The molecule has 2 aromatic carbocycles. The van der Waals surface area contributed by atoms with Crippen molar-refractivity contribution in [3.05, 3.63) is 77.9 Å². The third kappa shape index (κ3) is 63.1. The second-order valence-corrected chi connectivity index (χ2v) is 36.4. The number of aromatic nitrogens is 2. The van der Waals surface area contributed by atoms with Gasteiger partial charge < -0.3 is 105 Å². The number of hydrogen-bond donors (Lipinski definition) is 11. The maximum Gasteiger partial charge on any atom is 0.335 e. The first-order valence-electron chi connectivity index (χ1n) is 51.2. The Morgan fingerprint density at radius 3 is 1.34 bits per heavy atom. The van der Waals surface area contributed by atoms with Gasteiger partial charge in [0.25, 0.3) is 0 Å². The molecule has 39 nitrogen and oxygen atoms in total. The zero-order chi connectivity index (χ0) is 105. The lowest BCUT2D eigenvalue weighted by Gasteiger charge is -2.28. The van der Waals surface area contributed by atoms with Crippen molar-refractivity contribution in [1.29, 1.82) is 0 Å². The Bertz CT molecular complexity index is 4190. The largest absolute Gasteiger partial charge is 0.494 e. The number of carbonyl (C=O) groups is 17. The molecular weight excluding hydrogens is 1860 g/mol. The van der Waals surface area contributed by atoms with E-state index in [1.54, 1.807) is 38.1 Å². The van der Waals surface area contributed by atoms with E-state index in [-0.39, 0.29) is 284 Å². The SMILES string of the molecule is CC[C@H](C(=O)N[C@H](C(=O)O[C@@H](Cc1cnc[nH]1)C(=O)C[C@@H](CCCCNC(=O)COCCOCCCC(=O)COCCOCCNC(=O)CC[C@H](CC(=O)CCCCCCCCCOc1ccc(C(=O)O)cc1)C(=O)O)C(=O)C[C@@H](CCCCNC(=O)COCCCNC(=O)COCCOCCCC(=O)CC[C@H](NC(=O)CCCCCCCCCOc1ccc(C(=O)O)cc1)C(=O)O)C(C)=O)C(C)C)[C@@H](C)CC. The van der Waals surface area contributed by atoms with E-state index in [0.717, 1.165) is 83.5 Å². The fourth-order valence-corrected chi connectivity index (χ4v) is 15.4. The number of benzene rings is 2. The zero-order valence-corrected chi connectivity index (χ0v) is 85.0. The highest BCUT2D eigenvalue weighted by molar-refractivity contribution is 5.95. The van der Waals surface area contributed by atoms with Crippen molar-refractivity contribution in [2.75, 3.05) is 132 Å². The number of aromatic amines is 1. The van der Waals surface area contributed by atoms with Crippen LogP contribution in [0.25, 0.3) is 0 Å². The summed E-state index contributed by atoms with van der Waals surface area (Å²) in [6.07, 6.45) is 18.5. The molecule has 0 saturated carbocycles. The lowest BCUT2D eigenvalue weighted by atomic mass is 9.83. The summed E-state index contributed by atoms with van der Waals surface area (Å²) in [6, 6.07) is 10.2. The van der Waals surface area contributed by atoms with Crippen LogP contribution in [-0.2, 0) is 116 Å². The maximum atomic E-state index is 14.6. The Hall–Kier alpha value is -10.8. The Morgan fingerprint density at radius 2 is 0.839 bits per heavy atom. The molecule has 6 amide bonds. The van der Waals surface area contributed by atoms with Crippen LogP contribution in [0, 0.1) is 35.5 Å². The van der Waals surface area contributed by atoms with Crippen molar-refractivity contribution < 1.29 is 149 Å². The molecule has 39 heteroatoms. The highest BCUT2D eigenvalue weighted by Gasteiger charge is 2.36. The Balaban J connectivity index is 1.31. The average molecular weight is 2020 g/mol. The van der Waals surface area contributed by atoms with Gasteiger partial charge in [0.05, 0.1) is 82.8 Å². The molecule has 11 N–H and O–H groups in total. The summed E-state index contributed by atoms with van der Waals surface area (Å²) in [5.74, 6) is -11.2. The summed E-state index contributed by atoms with van der Waals surface area (Å²) in [4.78, 5) is 223. The Kier molecular flexibility index (Phi) is 70.2. The molecule has 0 unspecified atom stereocenters. The monoisotopic (exact) mass is 2020 g/mol. The minimum atomic E-state index is -1.40. The van der Waals surface area contributed by atoms with Crippen molar-refractivity contribution in [3.63, 3.8) is 0 Å². The molecule has 0 aliphatic carbocycles. The number of imidazole rings is 1. The van der Waals surface area contributed by atoms with E-state index in [2.05, 4.69) is 41.9 Å². The van der Waals surface area contributed by atoms with Crippen LogP contribution in [0.3, 0.4) is 0 Å². The van der Waals surface area contributed by atoms with Crippen molar-refractivity contribution in [2.24, 2.45) is 35.5 Å². The molecule has 3 rings (SSSR count). The van der Waals surface area contributed by atoms with Crippen LogP contribution in [-0.4, -0.2) is 280 Å². The molecule has 0 aliphatic rings. The molecule has 0 saturated heterocycles. The van der Waals surface area contributed by atoms with Crippen LogP contribution >= 0.6 is 0 Å². The lowest BCUT2D eigenvalue weighted by molar-refractivity contribution is -0.160. The lowest BCUT2D eigenvalue weighted by Crippen LogP contribution is -2.49. The summed E-state index contributed by atoms with van der Waals surface area (Å²) in [6.45, 7) is 13.4. The van der Waals surface area contributed by atoms with E-state index in [1.807, 2.05) is 20.8 Å². The number of hydrogen-bond acceptors (Lipinski definition) is 28. The Morgan fingerprint density at radius 1 is 0.378 bits per heavy atom. The van der Waals surface area contributed by atoms with Crippen LogP contribution in [0.1, 0.15) is 299 Å². The number of carboxylic acid groups (broad SMARTS) is 4. The van der Waals surface area contributed by atoms with Crippen LogP contribution in [0.4, 0.5) is 0 Å². The molecule has 804 valence electrons. The Labute approximate surface area is 841 Å². The summed E-state index contributed by atoms with van der Waals surface area (Å²) >= 11 is 0. The quantitative estimate of drug-likeness (QED) is 0.0185. The van der Waals surface area contributed by atoms with Gasteiger partial charge in [-0.3, -0.25) is 62.3 Å². The zero-order valence-electron chi connectivity index (χ0n) is 85.0. The summed E-state index contributed by atoms with van der Waals surface area (Å²) in [5.41, 5.74) is 0.868. The number of carboxylic acids is 4. The molecule has 0 aliphatic heterocycles. The second kappa shape index (κ2) is 79.5. The topological polar surface area (TPSA) is 564 Å². The second-order valence-electron chi connectivity index (χ2n) is 36.4. The molecule has 143 heavy (non-hydrogen) atoms. The van der Waals surface area contributed by atoms with Gasteiger partial charge in [-0.15, -0.1) is 0 Å². The van der Waals surface area contributed by atoms with E-state index in [1.165, 1.54) is 43.7 Å². The van der Waals surface area contributed by atoms with Crippen LogP contribution in [0.2, 0.25) is 0 Å². The summed E-state index contributed by atoms with van der Waals surface area (Å²) < 4.78 is 55.8. The number of unbranched alkanes of at least 4 members (excludes halogenated alkanes) is 14. The summed E-state index contributed by atoms with van der Waals surface area (Å²) in [7, 11) is 0. The number of carbonyl (C=O) groups excluding carboxylic acids is 13. The first-order chi connectivity index (χ1) is 68.8. The van der Waals surface area contributed by atoms with Gasteiger partial charge >= 0.3 is 29.8 Å². The van der Waals surface area contributed by atoms with Gasteiger partial charge in [0, 0.05) is 140 Å². The average Bonchev–Trinajstić information content (AvgIpc) is 1.78. The van der Waals surface area contributed by atoms with E-state index in [9.17, 15) is 91.7 Å².